The third kappa shape index (κ3) is 7.99. The largest absolute Gasteiger partial charge is 0.489 e. The van der Waals surface area contributed by atoms with Crippen molar-refractivity contribution in [3.63, 3.8) is 0 Å². The molecular formula is C21H33FN4O. The maximum atomic E-state index is 13.0. The average molecular weight is 377 g/mol. The lowest BCUT2D eigenvalue weighted by molar-refractivity contribution is 0.220. The predicted molar refractivity (Wildman–Crippen MR) is 110 cm³/mol. The summed E-state index contributed by atoms with van der Waals surface area (Å²) in [5.41, 5.74) is 1.21. The van der Waals surface area contributed by atoms with Gasteiger partial charge in [0.15, 0.2) is 5.96 Å². The Morgan fingerprint density at radius 2 is 2.00 bits per heavy atom. The number of aliphatic imine (C=N–C) groups is 1. The number of nitrogens with zero attached hydrogens (tertiary/aromatic N) is 2. The van der Waals surface area contributed by atoms with Gasteiger partial charge in [-0.25, -0.2) is 9.38 Å². The van der Waals surface area contributed by atoms with Crippen LogP contribution in [0.15, 0.2) is 41.4 Å². The lowest BCUT2D eigenvalue weighted by Gasteiger charge is -2.33. The highest BCUT2D eigenvalue weighted by Gasteiger charge is 2.19. The maximum absolute atomic E-state index is 13.0. The van der Waals surface area contributed by atoms with E-state index in [2.05, 4.69) is 41.0 Å². The first-order chi connectivity index (χ1) is 13.0. The monoisotopic (exact) mass is 376 g/mol. The molecule has 1 saturated heterocycles. The molecule has 1 heterocycles. The van der Waals surface area contributed by atoms with Crippen LogP contribution in [0.3, 0.4) is 0 Å². The Morgan fingerprint density at radius 3 is 2.59 bits per heavy atom. The van der Waals surface area contributed by atoms with Gasteiger partial charge in [0, 0.05) is 32.2 Å². The Morgan fingerprint density at radius 1 is 1.33 bits per heavy atom. The summed E-state index contributed by atoms with van der Waals surface area (Å²) in [4.78, 5) is 7.10. The van der Waals surface area contributed by atoms with Crippen molar-refractivity contribution in [2.24, 2.45) is 4.99 Å². The Bertz CT molecular complexity index is 609. The van der Waals surface area contributed by atoms with E-state index >= 15 is 0 Å². The number of ether oxygens (including phenoxy) is 1. The minimum atomic E-state index is -0.263. The highest BCUT2D eigenvalue weighted by atomic mass is 19.1. The minimum absolute atomic E-state index is 0.0941. The zero-order valence-corrected chi connectivity index (χ0v) is 16.8. The van der Waals surface area contributed by atoms with Gasteiger partial charge in [0.05, 0.1) is 6.54 Å². The van der Waals surface area contributed by atoms with Crippen molar-refractivity contribution < 1.29 is 9.13 Å². The van der Waals surface area contributed by atoms with Crippen molar-refractivity contribution in [1.29, 1.82) is 0 Å². The van der Waals surface area contributed by atoms with E-state index in [-0.39, 0.29) is 11.9 Å². The molecule has 0 bridgehead atoms. The quantitative estimate of drug-likeness (QED) is 0.416. The summed E-state index contributed by atoms with van der Waals surface area (Å²) in [6.07, 6.45) is 2.10. The molecule has 27 heavy (non-hydrogen) atoms. The molecule has 2 rings (SSSR count). The number of likely N-dealkylation sites (tertiary alicyclic amines) is 1. The van der Waals surface area contributed by atoms with Gasteiger partial charge in [-0.05, 0) is 57.9 Å². The number of guanidine groups is 1. The van der Waals surface area contributed by atoms with Crippen LogP contribution in [0.25, 0.3) is 0 Å². The van der Waals surface area contributed by atoms with Gasteiger partial charge in [-0.2, -0.15) is 0 Å². The van der Waals surface area contributed by atoms with Crippen LogP contribution >= 0.6 is 0 Å². The molecule has 0 saturated carbocycles. The minimum Gasteiger partial charge on any atom is -0.489 e. The molecule has 0 radical (unpaired) electrons. The molecular weight excluding hydrogens is 343 g/mol. The number of benzene rings is 1. The smallest absolute Gasteiger partial charge is 0.191 e. The summed E-state index contributed by atoms with van der Waals surface area (Å²) >= 11 is 0. The summed E-state index contributed by atoms with van der Waals surface area (Å²) in [6.45, 7) is 14.6. The molecule has 1 fully saturated rings. The molecule has 1 aromatic rings. The molecule has 1 aliphatic rings. The first-order valence-electron chi connectivity index (χ1n) is 9.80. The van der Waals surface area contributed by atoms with E-state index < -0.39 is 0 Å². The molecule has 0 aromatic heterocycles. The van der Waals surface area contributed by atoms with Crippen molar-refractivity contribution in [2.45, 2.75) is 45.8 Å². The molecule has 0 amide bonds. The Labute approximate surface area is 162 Å². The van der Waals surface area contributed by atoms with Crippen LogP contribution in [-0.4, -0.2) is 55.7 Å². The molecule has 150 valence electrons. The number of hydrogen-bond donors (Lipinski definition) is 2. The molecule has 1 aliphatic heterocycles. The van der Waals surface area contributed by atoms with Gasteiger partial charge in [-0.15, -0.1) is 0 Å². The number of hydrogen-bond acceptors (Lipinski definition) is 3. The standard InChI is InChI=1S/C21H33FN4O/c1-5-23-21(25-19-10-12-26(13-11-19)15-16(2)3)24-14-17(4)27-20-8-6-18(22)7-9-20/h6-9,17,19H,2,5,10-15H2,1,3-4H3,(H2,23,24,25). The molecule has 1 atom stereocenters. The third-order valence-electron chi connectivity index (χ3n) is 4.42. The van der Waals surface area contributed by atoms with E-state index in [9.17, 15) is 4.39 Å². The van der Waals surface area contributed by atoms with Crippen molar-refractivity contribution in [2.75, 3.05) is 32.7 Å². The second-order valence-corrected chi connectivity index (χ2v) is 7.25. The van der Waals surface area contributed by atoms with Crippen molar-refractivity contribution >= 4 is 5.96 Å². The Kier molecular flexibility index (Phi) is 8.58. The van der Waals surface area contributed by atoms with Gasteiger partial charge in [0.2, 0.25) is 0 Å². The lowest BCUT2D eigenvalue weighted by atomic mass is 10.0. The summed E-state index contributed by atoms with van der Waals surface area (Å²) in [7, 11) is 0. The van der Waals surface area contributed by atoms with E-state index in [0.29, 0.717) is 18.3 Å². The fourth-order valence-corrected chi connectivity index (χ4v) is 3.13. The Hall–Kier alpha value is -2.08. The van der Waals surface area contributed by atoms with Gasteiger partial charge in [-0.3, -0.25) is 4.90 Å². The van der Waals surface area contributed by atoms with E-state index in [0.717, 1.165) is 45.0 Å². The number of nitrogens with one attached hydrogen (secondary N) is 2. The van der Waals surface area contributed by atoms with Crippen LogP contribution in [0, 0.1) is 5.82 Å². The third-order valence-corrected chi connectivity index (χ3v) is 4.42. The van der Waals surface area contributed by atoms with E-state index in [1.165, 1.54) is 17.7 Å². The number of piperidine rings is 1. The van der Waals surface area contributed by atoms with Crippen LogP contribution in [0.5, 0.6) is 5.75 Å². The second-order valence-electron chi connectivity index (χ2n) is 7.25. The predicted octanol–water partition coefficient (Wildman–Crippen LogP) is 3.19. The average Bonchev–Trinajstić information content (AvgIpc) is 2.63. The second kappa shape index (κ2) is 10.9. The SMILES string of the molecule is C=C(C)CN1CCC(NC(=NCC(C)Oc2ccc(F)cc2)NCC)CC1. The summed E-state index contributed by atoms with van der Waals surface area (Å²) < 4.78 is 18.8. The summed E-state index contributed by atoms with van der Waals surface area (Å²) in [5.74, 6) is 1.22. The topological polar surface area (TPSA) is 48.9 Å². The lowest BCUT2D eigenvalue weighted by Crippen LogP contribution is -2.49. The van der Waals surface area contributed by atoms with Crippen molar-refractivity contribution in [3.05, 3.63) is 42.2 Å². The van der Waals surface area contributed by atoms with E-state index in [1.807, 2.05) is 6.92 Å². The van der Waals surface area contributed by atoms with Crippen LogP contribution in [0.2, 0.25) is 0 Å². The van der Waals surface area contributed by atoms with Crippen molar-refractivity contribution in [3.8, 4) is 5.75 Å². The van der Waals surface area contributed by atoms with Crippen LogP contribution in [-0.2, 0) is 0 Å². The summed E-state index contributed by atoms with van der Waals surface area (Å²) in [6, 6.07) is 6.50. The highest BCUT2D eigenvalue weighted by Crippen LogP contribution is 2.13. The van der Waals surface area contributed by atoms with Crippen LogP contribution in [0.4, 0.5) is 4.39 Å². The van der Waals surface area contributed by atoms with E-state index in [1.54, 1.807) is 12.1 Å². The zero-order valence-electron chi connectivity index (χ0n) is 16.8. The number of halogens is 1. The molecule has 1 aromatic carbocycles. The fourth-order valence-electron chi connectivity index (χ4n) is 3.13. The van der Waals surface area contributed by atoms with E-state index in [4.69, 9.17) is 4.74 Å². The highest BCUT2D eigenvalue weighted by molar-refractivity contribution is 5.80. The van der Waals surface area contributed by atoms with Gasteiger partial charge in [0.1, 0.15) is 17.7 Å². The zero-order chi connectivity index (χ0) is 19.6. The van der Waals surface area contributed by atoms with Gasteiger partial charge < -0.3 is 15.4 Å². The molecule has 0 aliphatic carbocycles. The molecule has 0 spiro atoms. The summed E-state index contributed by atoms with van der Waals surface area (Å²) in [5, 5.41) is 6.85. The van der Waals surface area contributed by atoms with Crippen LogP contribution < -0.4 is 15.4 Å². The van der Waals surface area contributed by atoms with Crippen molar-refractivity contribution in [1.82, 2.24) is 15.5 Å². The van der Waals surface area contributed by atoms with Gasteiger partial charge in [0.25, 0.3) is 0 Å². The molecule has 6 heteroatoms. The van der Waals surface area contributed by atoms with Crippen LogP contribution in [0.1, 0.15) is 33.6 Å². The molecule has 2 N–H and O–H groups in total. The normalized spacial score (nSPS) is 17.4. The maximum Gasteiger partial charge on any atom is 0.191 e. The first kappa shape index (κ1) is 21.2. The fraction of sp³-hybridized carbons (Fsp3) is 0.571. The van der Waals surface area contributed by atoms with Gasteiger partial charge in [-0.1, -0.05) is 12.2 Å². The number of rotatable bonds is 8. The Balaban J connectivity index is 1.81. The molecule has 1 unspecified atom stereocenters. The van der Waals surface area contributed by atoms with Gasteiger partial charge >= 0.3 is 0 Å². The first-order valence-corrected chi connectivity index (χ1v) is 9.80. The molecule has 5 nitrogen and oxygen atoms in total.